The number of hydrogen-bond acceptors (Lipinski definition) is 5. The van der Waals surface area contributed by atoms with Crippen LogP contribution in [0.3, 0.4) is 0 Å². The van der Waals surface area contributed by atoms with Crippen molar-refractivity contribution in [1.29, 1.82) is 0 Å². The van der Waals surface area contributed by atoms with E-state index < -0.39 is 0 Å². The molecule has 1 aromatic carbocycles. The smallest absolute Gasteiger partial charge is 0.116 e. The molecule has 156 valence electrons. The highest BCUT2D eigenvalue weighted by Gasteiger charge is 2.15. The molecule has 0 bridgehead atoms. The van der Waals surface area contributed by atoms with Gasteiger partial charge in [0.1, 0.15) is 5.75 Å². The number of phenols is 1. The molecule has 0 saturated heterocycles. The topological polar surface area (TPSA) is 77.9 Å². The highest BCUT2D eigenvalue weighted by atomic mass is 35.5. The van der Waals surface area contributed by atoms with Crippen molar-refractivity contribution >= 4 is 42.8 Å². The van der Waals surface area contributed by atoms with Crippen LogP contribution in [0.4, 0.5) is 0 Å². The standard InChI is InChI=1S/C20H21N5O.3ClH/c1-2-25-9-7-14(8-10-25)19-5-6-20(24-23-19)17-4-3-16(26)11-18(17)15-12-21-22-13-15;;;/h3-7,11-13,26H,2,8-10H2,1H3,(H,21,22);3*1H. The van der Waals surface area contributed by atoms with Gasteiger partial charge in [0, 0.05) is 30.4 Å². The SMILES string of the molecule is CCN1CC=C(c2ccc(-c3ccc(O)cc3-c3cn[nH]c3)nn2)CC1.Cl.Cl.Cl. The van der Waals surface area contributed by atoms with Crippen molar-refractivity contribution in [3.63, 3.8) is 0 Å². The summed E-state index contributed by atoms with van der Waals surface area (Å²) in [4.78, 5) is 2.40. The fourth-order valence-electron chi connectivity index (χ4n) is 3.27. The van der Waals surface area contributed by atoms with Gasteiger partial charge in [0.25, 0.3) is 0 Å². The summed E-state index contributed by atoms with van der Waals surface area (Å²) in [5.74, 6) is 0.211. The molecule has 6 nitrogen and oxygen atoms in total. The molecule has 29 heavy (non-hydrogen) atoms. The predicted molar refractivity (Wildman–Crippen MR) is 123 cm³/mol. The number of rotatable bonds is 4. The lowest BCUT2D eigenvalue weighted by Crippen LogP contribution is -2.28. The van der Waals surface area contributed by atoms with E-state index in [0.717, 1.165) is 54.1 Å². The molecule has 0 radical (unpaired) electrons. The molecule has 0 atom stereocenters. The number of nitrogens with zero attached hydrogens (tertiary/aromatic N) is 4. The Labute approximate surface area is 188 Å². The summed E-state index contributed by atoms with van der Waals surface area (Å²) in [7, 11) is 0. The lowest BCUT2D eigenvalue weighted by atomic mass is 9.98. The highest BCUT2D eigenvalue weighted by Crippen LogP contribution is 2.33. The van der Waals surface area contributed by atoms with E-state index in [0.29, 0.717) is 0 Å². The van der Waals surface area contributed by atoms with Crippen molar-refractivity contribution in [3.05, 3.63) is 54.5 Å². The van der Waals surface area contributed by atoms with Gasteiger partial charge in [-0.3, -0.25) is 10.00 Å². The third-order valence-corrected chi connectivity index (χ3v) is 4.82. The van der Waals surface area contributed by atoms with Crippen molar-refractivity contribution in [2.24, 2.45) is 0 Å². The number of halogens is 3. The first-order chi connectivity index (χ1) is 12.7. The number of phenolic OH excluding ortho intramolecular Hbond substituents is 1. The number of aromatic hydroxyl groups is 1. The first-order valence-corrected chi connectivity index (χ1v) is 8.82. The fraction of sp³-hybridized carbons (Fsp3) is 0.250. The van der Waals surface area contributed by atoms with Crippen molar-refractivity contribution < 1.29 is 5.11 Å². The molecule has 0 fully saturated rings. The first kappa shape index (κ1) is 24.9. The van der Waals surface area contributed by atoms with Gasteiger partial charge in [0.2, 0.25) is 0 Å². The van der Waals surface area contributed by atoms with Crippen LogP contribution in [0.5, 0.6) is 5.75 Å². The number of hydrogen-bond donors (Lipinski definition) is 2. The number of aromatic amines is 1. The van der Waals surface area contributed by atoms with Crippen LogP contribution < -0.4 is 0 Å². The number of nitrogens with one attached hydrogen (secondary N) is 1. The van der Waals surface area contributed by atoms with Gasteiger partial charge in [-0.25, -0.2) is 0 Å². The molecule has 3 heterocycles. The molecule has 3 aromatic rings. The fourth-order valence-corrected chi connectivity index (χ4v) is 3.27. The molecule has 0 unspecified atom stereocenters. The second kappa shape index (κ2) is 11.2. The summed E-state index contributed by atoms with van der Waals surface area (Å²) in [6.45, 7) is 5.29. The maximum absolute atomic E-state index is 9.86. The van der Waals surface area contributed by atoms with E-state index in [1.54, 1.807) is 24.5 Å². The third kappa shape index (κ3) is 5.48. The highest BCUT2D eigenvalue weighted by molar-refractivity contribution is 5.86. The minimum absolute atomic E-state index is 0. The second-order valence-corrected chi connectivity index (χ2v) is 6.39. The zero-order chi connectivity index (χ0) is 17.9. The van der Waals surface area contributed by atoms with Crippen LogP contribution in [-0.4, -0.2) is 50.0 Å². The van der Waals surface area contributed by atoms with Crippen LogP contribution in [0.15, 0.2) is 48.8 Å². The Morgan fingerprint density at radius 1 is 1.03 bits per heavy atom. The molecule has 9 heteroatoms. The van der Waals surface area contributed by atoms with Crippen LogP contribution in [0.1, 0.15) is 19.0 Å². The molecular formula is C20H24Cl3N5O. The van der Waals surface area contributed by atoms with Gasteiger partial charge in [-0.1, -0.05) is 13.0 Å². The largest absolute Gasteiger partial charge is 0.508 e. The van der Waals surface area contributed by atoms with Crippen LogP contribution in [0, 0.1) is 0 Å². The molecule has 0 aliphatic carbocycles. The summed E-state index contributed by atoms with van der Waals surface area (Å²) < 4.78 is 0. The molecular weight excluding hydrogens is 433 g/mol. The monoisotopic (exact) mass is 455 g/mol. The van der Waals surface area contributed by atoms with Gasteiger partial charge in [0.15, 0.2) is 0 Å². The zero-order valence-electron chi connectivity index (χ0n) is 15.9. The lowest BCUT2D eigenvalue weighted by molar-refractivity contribution is 0.318. The van der Waals surface area contributed by atoms with Gasteiger partial charge in [-0.2, -0.15) is 10.2 Å². The van der Waals surface area contributed by atoms with Crippen molar-refractivity contribution in [3.8, 4) is 28.1 Å². The maximum Gasteiger partial charge on any atom is 0.116 e. The van der Waals surface area contributed by atoms with E-state index in [9.17, 15) is 5.11 Å². The van der Waals surface area contributed by atoms with Crippen LogP contribution in [0.2, 0.25) is 0 Å². The molecule has 0 spiro atoms. The summed E-state index contributed by atoms with van der Waals surface area (Å²) >= 11 is 0. The van der Waals surface area contributed by atoms with Crippen molar-refractivity contribution in [2.45, 2.75) is 13.3 Å². The number of H-pyrrole nitrogens is 1. The number of aromatic nitrogens is 4. The molecule has 0 amide bonds. The molecule has 4 rings (SSSR count). The van der Waals surface area contributed by atoms with Crippen LogP contribution in [-0.2, 0) is 0 Å². The van der Waals surface area contributed by atoms with Crippen LogP contribution in [0.25, 0.3) is 28.0 Å². The molecule has 2 aromatic heterocycles. The van der Waals surface area contributed by atoms with E-state index >= 15 is 0 Å². The van der Waals surface area contributed by atoms with Crippen LogP contribution >= 0.6 is 37.2 Å². The Balaban J connectivity index is 0.00000140. The summed E-state index contributed by atoms with van der Waals surface area (Å²) in [6.07, 6.45) is 6.77. The molecule has 0 saturated carbocycles. The summed E-state index contributed by atoms with van der Waals surface area (Å²) in [5.41, 5.74) is 5.66. The van der Waals surface area contributed by atoms with E-state index in [1.165, 1.54) is 5.57 Å². The van der Waals surface area contributed by atoms with E-state index in [1.807, 2.05) is 18.2 Å². The Kier molecular flexibility index (Phi) is 9.59. The molecule has 2 N–H and O–H groups in total. The van der Waals surface area contributed by atoms with Crippen molar-refractivity contribution in [1.82, 2.24) is 25.3 Å². The average Bonchev–Trinajstić information content (AvgIpc) is 3.23. The van der Waals surface area contributed by atoms with Gasteiger partial charge < -0.3 is 5.11 Å². The van der Waals surface area contributed by atoms with Gasteiger partial charge in [-0.15, -0.1) is 42.3 Å². The third-order valence-electron chi connectivity index (χ3n) is 4.82. The predicted octanol–water partition coefficient (Wildman–Crippen LogP) is 4.61. The second-order valence-electron chi connectivity index (χ2n) is 6.39. The van der Waals surface area contributed by atoms with E-state index in [2.05, 4.69) is 38.3 Å². The molecule has 1 aliphatic rings. The average molecular weight is 457 g/mol. The minimum atomic E-state index is 0. The Bertz CT molecular complexity index is 930. The van der Waals surface area contributed by atoms with E-state index in [4.69, 9.17) is 0 Å². The first-order valence-electron chi connectivity index (χ1n) is 8.82. The van der Waals surface area contributed by atoms with Gasteiger partial charge in [-0.05, 0) is 54.4 Å². The normalized spacial score (nSPS) is 13.5. The minimum Gasteiger partial charge on any atom is -0.508 e. The summed E-state index contributed by atoms with van der Waals surface area (Å²) in [5, 5.41) is 25.6. The van der Waals surface area contributed by atoms with E-state index in [-0.39, 0.29) is 43.0 Å². The number of likely N-dealkylation sites (N-methyl/N-ethyl adjacent to an activating group) is 1. The Hall–Kier alpha value is -2.12. The Morgan fingerprint density at radius 3 is 2.38 bits per heavy atom. The Morgan fingerprint density at radius 2 is 1.79 bits per heavy atom. The van der Waals surface area contributed by atoms with Gasteiger partial charge >= 0.3 is 0 Å². The quantitative estimate of drug-likeness (QED) is 0.599. The molecule has 1 aliphatic heterocycles. The summed E-state index contributed by atoms with van der Waals surface area (Å²) in [6, 6.07) is 9.27. The van der Waals surface area contributed by atoms with Crippen molar-refractivity contribution in [2.75, 3.05) is 19.6 Å². The zero-order valence-corrected chi connectivity index (χ0v) is 18.4. The number of benzene rings is 1. The maximum atomic E-state index is 9.86. The van der Waals surface area contributed by atoms with Gasteiger partial charge in [0.05, 0.1) is 17.6 Å². The lowest BCUT2D eigenvalue weighted by Gasteiger charge is -2.24.